The van der Waals surface area contributed by atoms with Gasteiger partial charge >= 0.3 is 11.9 Å². The molecule has 172 valence electrons. The van der Waals surface area contributed by atoms with Crippen LogP contribution in [0.15, 0.2) is 0 Å². The minimum Gasteiger partial charge on any atom is -0.481 e. The van der Waals surface area contributed by atoms with Crippen molar-refractivity contribution in [1.82, 2.24) is 0 Å². The molecule has 0 radical (unpaired) electrons. The normalized spacial score (nSPS) is 10.9. The number of carboxylic acids is 1. The molecule has 0 atom stereocenters. The third kappa shape index (κ3) is 24.9. The lowest BCUT2D eigenvalue weighted by Crippen LogP contribution is -2.05. The Bertz CT molecular complexity index is 368. The predicted octanol–water partition coefficient (Wildman–Crippen LogP) is 7.83. The first-order valence-corrected chi connectivity index (χ1v) is 12.5. The molecular formula is C25H48O4. The molecule has 0 fully saturated rings. The molecule has 1 N–H and O–H groups in total. The van der Waals surface area contributed by atoms with Gasteiger partial charge in [0, 0.05) is 12.8 Å². The summed E-state index contributed by atoms with van der Waals surface area (Å²) in [5.41, 5.74) is 0. The Balaban J connectivity index is 3.15. The summed E-state index contributed by atoms with van der Waals surface area (Å²) < 4.78 is 5.31. The van der Waals surface area contributed by atoms with Gasteiger partial charge in [-0.2, -0.15) is 0 Å². The average Bonchev–Trinajstić information content (AvgIpc) is 2.70. The Morgan fingerprint density at radius 3 is 1.38 bits per heavy atom. The van der Waals surface area contributed by atoms with Gasteiger partial charge in [-0.15, -0.1) is 0 Å². The first-order chi connectivity index (χ1) is 14.2. The number of esters is 1. The molecule has 0 rings (SSSR count). The average molecular weight is 413 g/mol. The smallest absolute Gasteiger partial charge is 0.305 e. The van der Waals surface area contributed by atoms with E-state index < -0.39 is 5.97 Å². The van der Waals surface area contributed by atoms with Crippen molar-refractivity contribution < 1.29 is 19.4 Å². The number of rotatable bonds is 23. The summed E-state index contributed by atoms with van der Waals surface area (Å²) in [7, 11) is 0. The highest BCUT2D eigenvalue weighted by atomic mass is 16.5. The van der Waals surface area contributed by atoms with Crippen LogP contribution in [0.2, 0.25) is 0 Å². The van der Waals surface area contributed by atoms with Crippen molar-refractivity contribution in [2.45, 2.75) is 142 Å². The van der Waals surface area contributed by atoms with E-state index in [0.717, 1.165) is 44.9 Å². The van der Waals surface area contributed by atoms with Gasteiger partial charge in [0.15, 0.2) is 0 Å². The van der Waals surface area contributed by atoms with Crippen molar-refractivity contribution in [2.75, 3.05) is 6.61 Å². The Kier molecular flexibility index (Phi) is 22.4. The van der Waals surface area contributed by atoms with Gasteiger partial charge in [-0.05, 0) is 19.3 Å². The molecule has 0 aliphatic rings. The summed E-state index contributed by atoms with van der Waals surface area (Å²) in [6.45, 7) is 2.84. The number of carboxylic acid groups (broad SMARTS) is 1. The molecule has 29 heavy (non-hydrogen) atoms. The zero-order chi connectivity index (χ0) is 21.4. The second-order valence-corrected chi connectivity index (χ2v) is 8.48. The first kappa shape index (κ1) is 27.9. The maximum atomic E-state index is 11.7. The van der Waals surface area contributed by atoms with Crippen LogP contribution >= 0.6 is 0 Å². The molecule has 4 heteroatoms. The second kappa shape index (κ2) is 23.2. The van der Waals surface area contributed by atoms with Gasteiger partial charge in [0.2, 0.25) is 0 Å². The van der Waals surface area contributed by atoms with Crippen molar-refractivity contribution in [3.8, 4) is 0 Å². The van der Waals surface area contributed by atoms with Crippen LogP contribution in [0.1, 0.15) is 142 Å². The number of aliphatic carboxylic acids is 1. The van der Waals surface area contributed by atoms with Crippen LogP contribution in [-0.4, -0.2) is 23.7 Å². The third-order valence-corrected chi connectivity index (χ3v) is 5.53. The molecule has 0 aromatic carbocycles. The van der Waals surface area contributed by atoms with Crippen molar-refractivity contribution in [2.24, 2.45) is 0 Å². The largest absolute Gasteiger partial charge is 0.481 e. The molecule has 0 spiro atoms. The predicted molar refractivity (Wildman–Crippen MR) is 121 cm³/mol. The van der Waals surface area contributed by atoms with E-state index in [-0.39, 0.29) is 12.4 Å². The van der Waals surface area contributed by atoms with E-state index in [4.69, 9.17) is 9.84 Å². The summed E-state index contributed by atoms with van der Waals surface area (Å²) >= 11 is 0. The minimum atomic E-state index is -0.712. The fraction of sp³-hybridized carbons (Fsp3) is 0.920. The van der Waals surface area contributed by atoms with Crippen LogP contribution in [0.3, 0.4) is 0 Å². The maximum absolute atomic E-state index is 11.7. The standard InChI is InChI=1S/C25H48O4/c1-2-3-4-5-6-7-8-9-10-11-14-17-20-23-29-25(28)22-19-16-13-12-15-18-21-24(26)27/h2-23H2,1H3,(H,26,27). The Hall–Kier alpha value is -1.06. The van der Waals surface area contributed by atoms with Crippen molar-refractivity contribution in [3.05, 3.63) is 0 Å². The Labute approximate surface area is 180 Å². The molecule has 0 saturated heterocycles. The summed E-state index contributed by atoms with van der Waals surface area (Å²) in [6.07, 6.45) is 23.8. The minimum absolute atomic E-state index is 0.0604. The molecular weight excluding hydrogens is 364 g/mol. The molecule has 0 heterocycles. The van der Waals surface area contributed by atoms with E-state index >= 15 is 0 Å². The summed E-state index contributed by atoms with van der Waals surface area (Å²) in [5.74, 6) is -0.772. The molecule has 0 aliphatic carbocycles. The van der Waals surface area contributed by atoms with Gasteiger partial charge < -0.3 is 9.84 Å². The fourth-order valence-corrected chi connectivity index (χ4v) is 3.63. The number of ether oxygens (including phenoxy) is 1. The first-order valence-electron chi connectivity index (χ1n) is 12.5. The van der Waals surface area contributed by atoms with Crippen molar-refractivity contribution >= 4 is 11.9 Å². The van der Waals surface area contributed by atoms with Gasteiger partial charge in [-0.25, -0.2) is 0 Å². The third-order valence-electron chi connectivity index (χ3n) is 5.53. The summed E-state index contributed by atoms with van der Waals surface area (Å²) in [6, 6.07) is 0. The SMILES string of the molecule is CCCCCCCCCCCCCCCOC(=O)CCCCCCCCC(=O)O. The van der Waals surface area contributed by atoms with Crippen molar-refractivity contribution in [3.63, 3.8) is 0 Å². The molecule has 0 aromatic heterocycles. The molecule has 0 aliphatic heterocycles. The number of carbonyl (C=O) groups is 2. The van der Waals surface area contributed by atoms with Gasteiger partial charge in [0.1, 0.15) is 0 Å². The highest BCUT2D eigenvalue weighted by Crippen LogP contribution is 2.13. The number of carbonyl (C=O) groups excluding carboxylic acids is 1. The van der Waals surface area contributed by atoms with Gasteiger partial charge in [0.05, 0.1) is 6.61 Å². The van der Waals surface area contributed by atoms with Crippen molar-refractivity contribution in [1.29, 1.82) is 0 Å². The summed E-state index contributed by atoms with van der Waals surface area (Å²) in [4.78, 5) is 22.1. The van der Waals surface area contributed by atoms with E-state index in [1.165, 1.54) is 77.0 Å². The Morgan fingerprint density at radius 1 is 0.552 bits per heavy atom. The van der Waals surface area contributed by atoms with Crippen LogP contribution in [0.5, 0.6) is 0 Å². The topological polar surface area (TPSA) is 63.6 Å². The molecule has 0 saturated carbocycles. The highest BCUT2D eigenvalue weighted by Gasteiger charge is 2.03. The zero-order valence-corrected chi connectivity index (χ0v) is 19.2. The van der Waals surface area contributed by atoms with Crippen LogP contribution in [0, 0.1) is 0 Å². The molecule has 0 aromatic rings. The van der Waals surface area contributed by atoms with E-state index in [1.54, 1.807) is 0 Å². The fourth-order valence-electron chi connectivity index (χ4n) is 3.63. The quantitative estimate of drug-likeness (QED) is 0.137. The molecule has 0 unspecified atom stereocenters. The van der Waals surface area contributed by atoms with E-state index in [1.807, 2.05) is 0 Å². The van der Waals surface area contributed by atoms with Crippen LogP contribution < -0.4 is 0 Å². The van der Waals surface area contributed by atoms with Crippen LogP contribution in [0.4, 0.5) is 0 Å². The van der Waals surface area contributed by atoms with Gasteiger partial charge in [-0.3, -0.25) is 9.59 Å². The van der Waals surface area contributed by atoms with Gasteiger partial charge in [-0.1, -0.05) is 110 Å². The number of unbranched alkanes of at least 4 members (excludes halogenated alkanes) is 17. The monoisotopic (exact) mass is 412 g/mol. The van der Waals surface area contributed by atoms with Gasteiger partial charge in [0.25, 0.3) is 0 Å². The lowest BCUT2D eigenvalue weighted by molar-refractivity contribution is -0.144. The number of hydrogen-bond acceptors (Lipinski definition) is 3. The van der Waals surface area contributed by atoms with E-state index in [9.17, 15) is 9.59 Å². The lowest BCUT2D eigenvalue weighted by Gasteiger charge is -2.05. The Morgan fingerprint density at radius 2 is 0.931 bits per heavy atom. The molecule has 0 amide bonds. The zero-order valence-electron chi connectivity index (χ0n) is 19.2. The van der Waals surface area contributed by atoms with Crippen LogP contribution in [0.25, 0.3) is 0 Å². The maximum Gasteiger partial charge on any atom is 0.305 e. The second-order valence-electron chi connectivity index (χ2n) is 8.48. The number of hydrogen-bond donors (Lipinski definition) is 1. The molecule has 0 bridgehead atoms. The van der Waals surface area contributed by atoms with E-state index in [0.29, 0.717) is 13.0 Å². The summed E-state index contributed by atoms with van der Waals surface area (Å²) in [5, 5.41) is 8.56. The molecule has 4 nitrogen and oxygen atoms in total. The van der Waals surface area contributed by atoms with E-state index in [2.05, 4.69) is 6.92 Å². The van der Waals surface area contributed by atoms with Crippen LogP contribution in [-0.2, 0) is 14.3 Å². The highest BCUT2D eigenvalue weighted by molar-refractivity contribution is 5.69. The lowest BCUT2D eigenvalue weighted by atomic mass is 10.0.